The van der Waals surface area contributed by atoms with Crippen molar-refractivity contribution >= 4 is 11.8 Å². The molecule has 140 valence electrons. The minimum atomic E-state index is 0.0583. The first-order chi connectivity index (χ1) is 11.9. The van der Waals surface area contributed by atoms with Crippen LogP contribution in [0, 0.1) is 35.5 Å². The predicted molar refractivity (Wildman–Crippen MR) is 97.7 cm³/mol. The fourth-order valence-electron chi connectivity index (χ4n) is 6.68. The summed E-state index contributed by atoms with van der Waals surface area (Å²) in [5, 5.41) is 0. The van der Waals surface area contributed by atoms with Crippen molar-refractivity contribution in [2.75, 3.05) is 20.1 Å². The Hall–Kier alpha value is -1.06. The van der Waals surface area contributed by atoms with Crippen LogP contribution in [0.4, 0.5) is 0 Å². The zero-order valence-electron chi connectivity index (χ0n) is 16.1. The van der Waals surface area contributed by atoms with Gasteiger partial charge in [0.1, 0.15) is 0 Å². The van der Waals surface area contributed by atoms with Crippen molar-refractivity contribution in [1.82, 2.24) is 9.80 Å². The molecule has 0 spiro atoms. The Morgan fingerprint density at radius 2 is 1.44 bits per heavy atom. The normalized spacial score (nSPS) is 37.6. The molecule has 4 aliphatic carbocycles. The number of likely N-dealkylation sites (tertiary alicyclic amines) is 1. The van der Waals surface area contributed by atoms with E-state index in [9.17, 15) is 9.59 Å². The molecule has 1 aliphatic heterocycles. The zero-order chi connectivity index (χ0) is 17.7. The Labute approximate surface area is 152 Å². The second-order valence-corrected chi connectivity index (χ2v) is 9.62. The second kappa shape index (κ2) is 6.59. The maximum Gasteiger partial charge on any atom is 0.225 e. The molecule has 5 fully saturated rings. The first-order valence-electron chi connectivity index (χ1n) is 10.5. The van der Waals surface area contributed by atoms with E-state index in [4.69, 9.17) is 0 Å². The van der Waals surface area contributed by atoms with E-state index < -0.39 is 0 Å². The van der Waals surface area contributed by atoms with Crippen LogP contribution in [-0.2, 0) is 9.59 Å². The SMILES string of the molecule is CC(C)C(=O)N1CCC(C(=O)N(C)C2C3CC4CC(C3)CC2C4)CC1. The van der Waals surface area contributed by atoms with Crippen LogP contribution in [-0.4, -0.2) is 47.8 Å². The van der Waals surface area contributed by atoms with E-state index in [0.717, 1.165) is 49.6 Å². The molecule has 0 aromatic heterocycles. The van der Waals surface area contributed by atoms with Crippen LogP contribution in [0.15, 0.2) is 0 Å². The summed E-state index contributed by atoms with van der Waals surface area (Å²) in [7, 11) is 2.07. The lowest BCUT2D eigenvalue weighted by Crippen LogP contribution is -2.57. The molecular formula is C21H34N2O2. The highest BCUT2D eigenvalue weighted by molar-refractivity contribution is 5.81. The minimum absolute atomic E-state index is 0.0583. The van der Waals surface area contributed by atoms with Gasteiger partial charge in [0.25, 0.3) is 0 Å². The summed E-state index contributed by atoms with van der Waals surface area (Å²) in [6.07, 6.45) is 8.57. The Morgan fingerprint density at radius 3 is 1.92 bits per heavy atom. The summed E-state index contributed by atoms with van der Waals surface area (Å²) in [6.45, 7) is 5.42. The van der Waals surface area contributed by atoms with Crippen LogP contribution in [0.3, 0.4) is 0 Å². The topological polar surface area (TPSA) is 40.6 Å². The van der Waals surface area contributed by atoms with Gasteiger partial charge in [-0.25, -0.2) is 0 Å². The smallest absolute Gasteiger partial charge is 0.225 e. The molecule has 4 heteroatoms. The zero-order valence-corrected chi connectivity index (χ0v) is 16.1. The summed E-state index contributed by atoms with van der Waals surface area (Å²) in [5.74, 6) is 4.19. The number of nitrogens with zero attached hydrogens (tertiary/aromatic N) is 2. The highest BCUT2D eigenvalue weighted by Crippen LogP contribution is 2.55. The molecular weight excluding hydrogens is 312 g/mol. The van der Waals surface area contributed by atoms with Gasteiger partial charge in [-0.1, -0.05) is 13.8 Å². The van der Waals surface area contributed by atoms with Crippen LogP contribution in [0.5, 0.6) is 0 Å². The van der Waals surface area contributed by atoms with Gasteiger partial charge in [0.15, 0.2) is 0 Å². The first kappa shape index (κ1) is 17.4. The third kappa shape index (κ3) is 3.10. The average Bonchev–Trinajstić information content (AvgIpc) is 2.59. The van der Waals surface area contributed by atoms with Crippen molar-refractivity contribution in [2.45, 2.75) is 64.8 Å². The van der Waals surface area contributed by atoms with Gasteiger partial charge in [0.2, 0.25) is 11.8 Å². The van der Waals surface area contributed by atoms with Crippen molar-refractivity contribution in [3.63, 3.8) is 0 Å². The number of rotatable bonds is 3. The quantitative estimate of drug-likeness (QED) is 0.787. The first-order valence-corrected chi connectivity index (χ1v) is 10.5. The molecule has 0 aromatic carbocycles. The van der Waals surface area contributed by atoms with E-state index in [1.807, 2.05) is 18.7 Å². The molecule has 0 N–H and O–H groups in total. The average molecular weight is 347 g/mol. The minimum Gasteiger partial charge on any atom is -0.342 e. The molecule has 4 bridgehead atoms. The molecule has 2 amide bonds. The lowest BCUT2D eigenvalue weighted by Gasteiger charge is -2.57. The molecule has 4 saturated carbocycles. The maximum atomic E-state index is 13.2. The van der Waals surface area contributed by atoms with Crippen molar-refractivity contribution in [2.24, 2.45) is 35.5 Å². The van der Waals surface area contributed by atoms with E-state index in [0.29, 0.717) is 11.9 Å². The van der Waals surface area contributed by atoms with Crippen molar-refractivity contribution in [1.29, 1.82) is 0 Å². The Kier molecular flexibility index (Phi) is 4.57. The third-order valence-corrected chi connectivity index (χ3v) is 7.62. The summed E-state index contributed by atoms with van der Waals surface area (Å²) in [4.78, 5) is 29.4. The van der Waals surface area contributed by atoms with E-state index in [1.54, 1.807) is 0 Å². The largest absolute Gasteiger partial charge is 0.342 e. The molecule has 1 heterocycles. The van der Waals surface area contributed by atoms with Gasteiger partial charge in [0, 0.05) is 38.0 Å². The van der Waals surface area contributed by atoms with Crippen LogP contribution in [0.1, 0.15) is 58.8 Å². The summed E-state index contributed by atoms with van der Waals surface area (Å²) < 4.78 is 0. The summed E-state index contributed by atoms with van der Waals surface area (Å²) in [6, 6.07) is 0.496. The van der Waals surface area contributed by atoms with Gasteiger partial charge in [-0.2, -0.15) is 0 Å². The Bertz CT molecular complexity index is 508. The number of piperidine rings is 1. The number of carbonyl (C=O) groups excluding carboxylic acids is 2. The van der Waals surface area contributed by atoms with Crippen molar-refractivity contribution < 1.29 is 9.59 Å². The molecule has 0 aromatic rings. The van der Waals surface area contributed by atoms with Gasteiger partial charge >= 0.3 is 0 Å². The van der Waals surface area contributed by atoms with E-state index in [-0.39, 0.29) is 17.7 Å². The predicted octanol–water partition coefficient (Wildman–Crippen LogP) is 3.16. The molecule has 1 saturated heterocycles. The molecule has 25 heavy (non-hydrogen) atoms. The van der Waals surface area contributed by atoms with Crippen LogP contribution < -0.4 is 0 Å². The van der Waals surface area contributed by atoms with Gasteiger partial charge in [0.05, 0.1) is 0 Å². The Morgan fingerprint density at radius 1 is 0.920 bits per heavy atom. The van der Waals surface area contributed by atoms with Crippen LogP contribution >= 0.6 is 0 Å². The van der Waals surface area contributed by atoms with Crippen molar-refractivity contribution in [3.05, 3.63) is 0 Å². The molecule has 0 atom stereocenters. The maximum absolute atomic E-state index is 13.2. The molecule has 0 unspecified atom stereocenters. The van der Waals surface area contributed by atoms with Crippen LogP contribution in [0.25, 0.3) is 0 Å². The molecule has 4 nitrogen and oxygen atoms in total. The monoisotopic (exact) mass is 346 g/mol. The number of carbonyl (C=O) groups is 2. The van der Waals surface area contributed by atoms with Crippen LogP contribution in [0.2, 0.25) is 0 Å². The molecule has 0 radical (unpaired) electrons. The van der Waals surface area contributed by atoms with E-state index in [2.05, 4.69) is 11.9 Å². The molecule has 5 aliphatic rings. The van der Waals surface area contributed by atoms with Gasteiger partial charge in [-0.3, -0.25) is 9.59 Å². The lowest BCUT2D eigenvalue weighted by atomic mass is 9.54. The van der Waals surface area contributed by atoms with E-state index >= 15 is 0 Å². The highest BCUT2D eigenvalue weighted by atomic mass is 16.2. The third-order valence-electron chi connectivity index (χ3n) is 7.62. The summed E-state index contributed by atoms with van der Waals surface area (Å²) in [5.41, 5.74) is 0. The Balaban J connectivity index is 1.36. The van der Waals surface area contributed by atoms with Crippen molar-refractivity contribution in [3.8, 4) is 0 Å². The van der Waals surface area contributed by atoms with Gasteiger partial charge < -0.3 is 9.80 Å². The fraction of sp³-hybridized carbons (Fsp3) is 0.905. The summed E-state index contributed by atoms with van der Waals surface area (Å²) >= 11 is 0. The fourth-order valence-corrected chi connectivity index (χ4v) is 6.68. The lowest BCUT2D eigenvalue weighted by molar-refractivity contribution is -0.149. The molecule has 5 rings (SSSR count). The number of amides is 2. The van der Waals surface area contributed by atoms with Gasteiger partial charge in [-0.05, 0) is 68.6 Å². The number of hydrogen-bond donors (Lipinski definition) is 0. The van der Waals surface area contributed by atoms with E-state index in [1.165, 1.54) is 32.1 Å². The highest BCUT2D eigenvalue weighted by Gasteiger charge is 2.50. The standard InChI is InChI=1S/C21H34N2O2/c1-13(2)20(24)23-6-4-16(5-7-23)21(25)22(3)19-17-9-14-8-15(11-17)12-18(19)10-14/h13-19H,4-12H2,1-3H3. The number of hydrogen-bond acceptors (Lipinski definition) is 2. The second-order valence-electron chi connectivity index (χ2n) is 9.62. The van der Waals surface area contributed by atoms with Gasteiger partial charge in [-0.15, -0.1) is 0 Å².